The number of hydrogen-bond donors (Lipinski definition) is 0. The van der Waals surface area contributed by atoms with Gasteiger partial charge in [0.15, 0.2) is 0 Å². The molecule has 1 aromatic heterocycles. The fraction of sp³-hybridized carbons (Fsp3) is 0.200. The summed E-state index contributed by atoms with van der Waals surface area (Å²) in [6.07, 6.45) is 0.825. The minimum atomic E-state index is -0.332. The molecule has 7 heteroatoms. The Morgan fingerprint density at radius 1 is 0.875 bits per heavy atom. The van der Waals surface area contributed by atoms with E-state index in [-0.39, 0.29) is 11.8 Å². The lowest BCUT2D eigenvalue weighted by molar-refractivity contribution is -0.120. The zero-order valence-corrected chi connectivity index (χ0v) is 18.6. The highest BCUT2D eigenvalue weighted by atomic mass is 32.1. The van der Waals surface area contributed by atoms with Crippen molar-refractivity contribution >= 4 is 34.4 Å². The fourth-order valence-electron chi connectivity index (χ4n) is 4.30. The molecule has 162 valence electrons. The molecule has 2 aliphatic heterocycles. The normalized spacial score (nSPS) is 15.9. The van der Waals surface area contributed by atoms with Crippen LogP contribution in [-0.2, 0) is 22.6 Å². The Bertz CT molecular complexity index is 1210. The molecule has 3 aromatic rings. The van der Waals surface area contributed by atoms with Crippen molar-refractivity contribution in [3.63, 3.8) is 0 Å². The number of hydrogen-bond acceptors (Lipinski definition) is 6. The molecular weight excluding hydrogens is 424 g/mol. The van der Waals surface area contributed by atoms with E-state index in [9.17, 15) is 9.59 Å². The monoisotopic (exact) mass is 446 g/mol. The van der Waals surface area contributed by atoms with Gasteiger partial charge in [-0.25, -0.2) is 4.90 Å². The first kappa shape index (κ1) is 20.3. The fourth-order valence-corrected chi connectivity index (χ4v) is 5.06. The Morgan fingerprint density at radius 3 is 2.25 bits per heavy atom. The minimum Gasteiger partial charge on any atom is -0.497 e. The van der Waals surface area contributed by atoms with Crippen molar-refractivity contribution in [3.05, 3.63) is 81.7 Å². The second-order valence-corrected chi connectivity index (χ2v) is 8.61. The van der Waals surface area contributed by atoms with Crippen LogP contribution in [0.2, 0.25) is 0 Å². The number of anilines is 1. The van der Waals surface area contributed by atoms with Crippen LogP contribution in [0.5, 0.6) is 11.5 Å². The van der Waals surface area contributed by atoms with Gasteiger partial charge >= 0.3 is 0 Å². The average Bonchev–Trinajstić information content (AvgIpc) is 3.44. The molecule has 3 heterocycles. The predicted octanol–water partition coefficient (Wildman–Crippen LogP) is 4.11. The van der Waals surface area contributed by atoms with E-state index in [1.54, 1.807) is 18.2 Å². The first-order chi connectivity index (χ1) is 15.6. The standard InChI is InChI=1S/C25H22N2O4S/c1-30-19-12-18(13-20(14-19)31-2)27-24(28)22(21-8-5-11-32-21)23(25(27)29)26-10-9-16-6-3-4-7-17(16)15-26/h3-8,11-14H,9-10,15H2,1-2H3. The first-order valence-corrected chi connectivity index (χ1v) is 11.2. The Labute approximate surface area is 190 Å². The summed E-state index contributed by atoms with van der Waals surface area (Å²) < 4.78 is 10.7. The molecule has 0 atom stereocenters. The van der Waals surface area contributed by atoms with Crippen molar-refractivity contribution in [1.82, 2.24) is 4.90 Å². The third kappa shape index (κ3) is 3.35. The van der Waals surface area contributed by atoms with Crippen LogP contribution in [0.25, 0.3) is 5.57 Å². The number of fused-ring (bicyclic) bond motifs is 1. The van der Waals surface area contributed by atoms with Gasteiger partial charge in [-0.05, 0) is 29.0 Å². The third-order valence-corrected chi connectivity index (χ3v) is 6.76. The Hall–Kier alpha value is -3.58. The van der Waals surface area contributed by atoms with Crippen LogP contribution < -0.4 is 14.4 Å². The van der Waals surface area contributed by atoms with Gasteiger partial charge in [0.2, 0.25) is 0 Å². The van der Waals surface area contributed by atoms with E-state index in [0.717, 1.165) is 11.3 Å². The van der Waals surface area contributed by atoms with Gasteiger partial charge in [-0.15, -0.1) is 11.3 Å². The highest BCUT2D eigenvalue weighted by Gasteiger charge is 2.43. The number of carbonyl (C=O) groups is 2. The molecule has 0 fully saturated rings. The smallest absolute Gasteiger partial charge is 0.282 e. The molecule has 5 rings (SSSR count). The predicted molar refractivity (Wildman–Crippen MR) is 124 cm³/mol. The number of methoxy groups -OCH3 is 2. The first-order valence-electron chi connectivity index (χ1n) is 10.3. The van der Waals surface area contributed by atoms with Crippen LogP contribution in [-0.4, -0.2) is 37.5 Å². The molecule has 0 aliphatic carbocycles. The van der Waals surface area contributed by atoms with Gasteiger partial charge in [-0.1, -0.05) is 30.3 Å². The maximum atomic E-state index is 13.8. The molecular formula is C25H22N2O4S. The molecule has 0 unspecified atom stereocenters. The summed E-state index contributed by atoms with van der Waals surface area (Å²) >= 11 is 1.46. The van der Waals surface area contributed by atoms with Gasteiger partial charge in [0, 0.05) is 36.2 Å². The molecule has 6 nitrogen and oxygen atoms in total. The van der Waals surface area contributed by atoms with E-state index in [0.29, 0.717) is 41.5 Å². The van der Waals surface area contributed by atoms with Gasteiger partial charge in [-0.2, -0.15) is 0 Å². The summed E-state index contributed by atoms with van der Waals surface area (Å²) in [4.78, 5) is 31.5. The van der Waals surface area contributed by atoms with Gasteiger partial charge in [0.1, 0.15) is 17.2 Å². The minimum absolute atomic E-state index is 0.326. The molecule has 2 amide bonds. The van der Waals surface area contributed by atoms with E-state index in [2.05, 4.69) is 12.1 Å². The second-order valence-electron chi connectivity index (χ2n) is 7.66. The molecule has 2 aromatic carbocycles. The van der Waals surface area contributed by atoms with E-state index < -0.39 is 0 Å². The zero-order chi connectivity index (χ0) is 22.2. The summed E-state index contributed by atoms with van der Waals surface area (Å²) in [5.74, 6) is 0.366. The highest BCUT2D eigenvalue weighted by molar-refractivity contribution is 7.11. The topological polar surface area (TPSA) is 59.1 Å². The number of amides is 2. The highest BCUT2D eigenvalue weighted by Crippen LogP contribution is 2.40. The van der Waals surface area contributed by atoms with Crippen molar-refractivity contribution in [2.75, 3.05) is 25.7 Å². The van der Waals surface area contributed by atoms with Crippen molar-refractivity contribution in [2.24, 2.45) is 0 Å². The Balaban J connectivity index is 1.60. The van der Waals surface area contributed by atoms with Crippen molar-refractivity contribution in [1.29, 1.82) is 0 Å². The summed E-state index contributed by atoms with van der Waals surface area (Å²) in [7, 11) is 3.08. The zero-order valence-electron chi connectivity index (χ0n) is 17.8. The van der Waals surface area contributed by atoms with Crippen LogP contribution in [0.1, 0.15) is 16.0 Å². The summed E-state index contributed by atoms with van der Waals surface area (Å²) in [6, 6.07) is 17.1. The number of thiophene rings is 1. The average molecular weight is 447 g/mol. The van der Waals surface area contributed by atoms with E-state index >= 15 is 0 Å². The molecule has 2 aliphatic rings. The summed E-state index contributed by atoms with van der Waals surface area (Å²) in [5, 5.41) is 1.92. The summed E-state index contributed by atoms with van der Waals surface area (Å²) in [6.45, 7) is 1.27. The van der Waals surface area contributed by atoms with E-state index in [1.165, 1.54) is 41.6 Å². The maximum absolute atomic E-state index is 13.8. The second kappa shape index (κ2) is 8.16. The number of ether oxygens (including phenoxy) is 2. The lowest BCUT2D eigenvalue weighted by Gasteiger charge is -2.31. The maximum Gasteiger partial charge on any atom is 0.282 e. The van der Waals surface area contributed by atoms with Crippen LogP contribution in [0, 0.1) is 0 Å². The third-order valence-electron chi connectivity index (χ3n) is 5.87. The lowest BCUT2D eigenvalue weighted by Crippen LogP contribution is -2.37. The van der Waals surface area contributed by atoms with E-state index in [1.807, 2.05) is 34.5 Å². The number of benzene rings is 2. The molecule has 0 N–H and O–H groups in total. The van der Waals surface area contributed by atoms with Crippen molar-refractivity contribution in [2.45, 2.75) is 13.0 Å². The van der Waals surface area contributed by atoms with Crippen molar-refractivity contribution in [3.8, 4) is 11.5 Å². The molecule has 0 bridgehead atoms. The van der Waals surface area contributed by atoms with Crippen LogP contribution in [0.3, 0.4) is 0 Å². The molecule has 0 radical (unpaired) electrons. The van der Waals surface area contributed by atoms with Gasteiger partial charge in [0.05, 0.1) is 25.5 Å². The molecule has 0 spiro atoms. The van der Waals surface area contributed by atoms with Gasteiger partial charge in [0.25, 0.3) is 11.8 Å². The Kier molecular flexibility index (Phi) is 5.19. The number of imide groups is 1. The molecule has 0 saturated carbocycles. The van der Waals surface area contributed by atoms with E-state index in [4.69, 9.17) is 9.47 Å². The lowest BCUT2D eigenvalue weighted by atomic mass is 9.99. The van der Waals surface area contributed by atoms with Gasteiger partial charge < -0.3 is 14.4 Å². The quantitative estimate of drug-likeness (QED) is 0.552. The molecule has 0 saturated heterocycles. The van der Waals surface area contributed by atoms with Crippen molar-refractivity contribution < 1.29 is 19.1 Å². The number of rotatable bonds is 5. The van der Waals surface area contributed by atoms with Crippen LogP contribution in [0.15, 0.2) is 65.7 Å². The molecule has 32 heavy (non-hydrogen) atoms. The van der Waals surface area contributed by atoms with Crippen LogP contribution in [0.4, 0.5) is 5.69 Å². The largest absolute Gasteiger partial charge is 0.497 e. The van der Waals surface area contributed by atoms with Gasteiger partial charge in [-0.3, -0.25) is 9.59 Å². The summed E-state index contributed by atoms with van der Waals surface area (Å²) in [5.41, 5.74) is 3.80. The Morgan fingerprint density at radius 2 is 1.59 bits per heavy atom. The number of carbonyl (C=O) groups excluding carboxylic acids is 2. The number of nitrogens with zero attached hydrogens (tertiary/aromatic N) is 2. The van der Waals surface area contributed by atoms with Crippen LogP contribution >= 0.6 is 11.3 Å². The SMILES string of the molecule is COc1cc(OC)cc(N2C(=O)C(c3cccs3)=C(N3CCc4ccccc4C3)C2=O)c1.